The molecule has 0 aromatic heterocycles. The number of anilines is 1. The number of carboxylic acid groups (broad SMARTS) is 1. The van der Waals surface area contributed by atoms with Gasteiger partial charge in [0, 0.05) is 12.6 Å². The monoisotopic (exact) mass is 274 g/mol. The second kappa shape index (κ2) is 6.18. The average molecular weight is 275 g/mol. The van der Waals surface area contributed by atoms with E-state index in [9.17, 15) is 20.0 Å². The van der Waals surface area contributed by atoms with Gasteiger partial charge < -0.3 is 15.5 Å². The van der Waals surface area contributed by atoms with Crippen LogP contribution in [0.25, 0.3) is 0 Å². The van der Waals surface area contributed by atoms with Crippen LogP contribution >= 0.6 is 11.6 Å². The Morgan fingerprint density at radius 2 is 2.22 bits per heavy atom. The van der Waals surface area contributed by atoms with E-state index in [2.05, 4.69) is 5.32 Å². The number of hydrogen-bond donors (Lipinski definition) is 3. The van der Waals surface area contributed by atoms with Gasteiger partial charge in [0.1, 0.15) is 5.69 Å². The Hall–Kier alpha value is -1.86. The summed E-state index contributed by atoms with van der Waals surface area (Å²) in [7, 11) is 0. The number of nitro benzene ring substituents is 1. The van der Waals surface area contributed by atoms with Crippen LogP contribution in [0.15, 0.2) is 18.2 Å². The zero-order valence-electron chi connectivity index (χ0n) is 9.17. The molecule has 7 nitrogen and oxygen atoms in total. The summed E-state index contributed by atoms with van der Waals surface area (Å²) in [6.07, 6.45) is -0.842. The number of aromatic carboxylic acids is 1. The van der Waals surface area contributed by atoms with Crippen molar-refractivity contribution in [1.29, 1.82) is 0 Å². The third kappa shape index (κ3) is 3.57. The Morgan fingerprint density at radius 1 is 1.56 bits per heavy atom. The van der Waals surface area contributed by atoms with Gasteiger partial charge in [0.15, 0.2) is 0 Å². The van der Waals surface area contributed by atoms with Gasteiger partial charge in [0.25, 0.3) is 5.69 Å². The molecule has 0 heterocycles. The molecule has 0 saturated heterocycles. The van der Waals surface area contributed by atoms with E-state index in [-0.39, 0.29) is 29.4 Å². The molecular weight excluding hydrogens is 264 g/mol. The van der Waals surface area contributed by atoms with Crippen molar-refractivity contribution in [3.05, 3.63) is 33.9 Å². The number of nitrogens with one attached hydrogen (secondary N) is 1. The van der Waals surface area contributed by atoms with Crippen molar-refractivity contribution < 1.29 is 19.9 Å². The highest BCUT2D eigenvalue weighted by Gasteiger charge is 2.17. The minimum Gasteiger partial charge on any atom is -0.478 e. The first-order chi connectivity index (χ1) is 8.45. The molecule has 1 rings (SSSR count). The van der Waals surface area contributed by atoms with Gasteiger partial charge in [-0.1, -0.05) is 0 Å². The van der Waals surface area contributed by atoms with E-state index in [0.717, 1.165) is 6.07 Å². The number of alkyl halides is 1. The largest absolute Gasteiger partial charge is 0.478 e. The molecular formula is C10H11ClN2O5. The Balaban J connectivity index is 2.97. The lowest BCUT2D eigenvalue weighted by molar-refractivity contribution is -0.384. The number of aliphatic hydroxyl groups is 1. The first-order valence-electron chi connectivity index (χ1n) is 4.95. The Morgan fingerprint density at radius 3 is 2.72 bits per heavy atom. The fourth-order valence-electron chi connectivity index (χ4n) is 1.25. The molecule has 98 valence electrons. The lowest BCUT2D eigenvalue weighted by Gasteiger charge is -2.10. The molecule has 1 aromatic rings. The maximum absolute atomic E-state index is 10.8. The summed E-state index contributed by atoms with van der Waals surface area (Å²) >= 11 is 5.39. The Labute approximate surface area is 107 Å². The molecule has 0 aliphatic heterocycles. The van der Waals surface area contributed by atoms with Crippen LogP contribution in [0.2, 0.25) is 0 Å². The zero-order valence-corrected chi connectivity index (χ0v) is 9.92. The summed E-state index contributed by atoms with van der Waals surface area (Å²) < 4.78 is 0. The molecule has 1 unspecified atom stereocenters. The summed E-state index contributed by atoms with van der Waals surface area (Å²) in [6, 6.07) is 3.48. The molecule has 0 aliphatic carbocycles. The third-order valence-electron chi connectivity index (χ3n) is 2.15. The van der Waals surface area contributed by atoms with Crippen molar-refractivity contribution >= 4 is 28.9 Å². The molecule has 3 N–H and O–H groups in total. The Bertz CT molecular complexity index is 466. The fraction of sp³-hybridized carbons (Fsp3) is 0.300. The maximum Gasteiger partial charge on any atom is 0.335 e. The van der Waals surface area contributed by atoms with Crippen LogP contribution < -0.4 is 5.32 Å². The minimum atomic E-state index is -1.24. The molecule has 0 spiro atoms. The number of rotatable bonds is 6. The van der Waals surface area contributed by atoms with E-state index in [0.29, 0.717) is 0 Å². The number of nitro groups is 1. The van der Waals surface area contributed by atoms with Crippen molar-refractivity contribution in [2.45, 2.75) is 6.10 Å². The number of nitrogens with zero attached hydrogens (tertiary/aromatic N) is 1. The molecule has 8 heteroatoms. The van der Waals surface area contributed by atoms with Crippen LogP contribution in [-0.2, 0) is 0 Å². The van der Waals surface area contributed by atoms with Crippen LogP contribution in [0.3, 0.4) is 0 Å². The number of halogens is 1. The molecule has 0 amide bonds. The number of carbonyl (C=O) groups is 1. The topological polar surface area (TPSA) is 113 Å². The summed E-state index contributed by atoms with van der Waals surface area (Å²) in [6.45, 7) is 0.0385. The van der Waals surface area contributed by atoms with E-state index in [1.54, 1.807) is 0 Å². The molecule has 0 saturated carbocycles. The normalized spacial score (nSPS) is 11.9. The molecule has 0 radical (unpaired) electrons. The minimum absolute atomic E-state index is 0.00595. The van der Waals surface area contributed by atoms with Crippen molar-refractivity contribution in [2.75, 3.05) is 17.7 Å². The van der Waals surface area contributed by atoms with Gasteiger partial charge in [-0.05, 0) is 12.1 Å². The molecule has 18 heavy (non-hydrogen) atoms. The Kier molecular flexibility index (Phi) is 4.87. The summed E-state index contributed by atoms with van der Waals surface area (Å²) in [5, 5.41) is 31.4. The first kappa shape index (κ1) is 14.2. The van der Waals surface area contributed by atoms with Crippen molar-refractivity contribution in [1.82, 2.24) is 0 Å². The molecule has 0 bridgehead atoms. The highest BCUT2D eigenvalue weighted by atomic mass is 35.5. The van der Waals surface area contributed by atoms with Crippen LogP contribution in [0.5, 0.6) is 0 Å². The van der Waals surface area contributed by atoms with Crippen molar-refractivity contribution in [2.24, 2.45) is 0 Å². The van der Waals surface area contributed by atoms with Gasteiger partial charge in [-0.15, -0.1) is 11.6 Å². The van der Waals surface area contributed by atoms with Gasteiger partial charge in [0.05, 0.1) is 22.5 Å². The highest BCUT2D eigenvalue weighted by molar-refractivity contribution is 6.18. The standard InChI is InChI=1S/C10H11ClN2O5/c11-4-7(14)5-12-8-2-1-6(10(15)16)3-9(8)13(17)18/h1-3,7,12,14H,4-5H2,(H,15,16). The van der Waals surface area contributed by atoms with Crippen LogP contribution in [0.1, 0.15) is 10.4 Å². The number of aliphatic hydroxyl groups excluding tert-OH is 1. The average Bonchev–Trinajstić information content (AvgIpc) is 2.35. The van der Waals surface area contributed by atoms with Gasteiger partial charge in [-0.2, -0.15) is 0 Å². The summed E-state index contributed by atoms with van der Waals surface area (Å²) in [5.41, 5.74) is -0.406. The smallest absolute Gasteiger partial charge is 0.335 e. The van der Waals surface area contributed by atoms with Gasteiger partial charge >= 0.3 is 5.97 Å². The van der Waals surface area contributed by atoms with Crippen molar-refractivity contribution in [3.63, 3.8) is 0 Å². The van der Waals surface area contributed by atoms with Gasteiger partial charge in [-0.3, -0.25) is 10.1 Å². The summed E-state index contributed by atoms with van der Waals surface area (Å²) in [5.74, 6) is -1.25. The lowest BCUT2D eigenvalue weighted by Crippen LogP contribution is -2.21. The van der Waals surface area contributed by atoms with E-state index in [1.165, 1.54) is 12.1 Å². The predicted molar refractivity (Wildman–Crippen MR) is 65.3 cm³/mol. The SMILES string of the molecule is O=C(O)c1ccc(NCC(O)CCl)c([N+](=O)[O-])c1. The van der Waals surface area contributed by atoms with Gasteiger partial charge in [0.2, 0.25) is 0 Å². The lowest BCUT2D eigenvalue weighted by atomic mass is 10.1. The number of benzene rings is 1. The molecule has 1 atom stereocenters. The molecule has 0 fully saturated rings. The number of hydrogen-bond acceptors (Lipinski definition) is 5. The first-order valence-corrected chi connectivity index (χ1v) is 5.48. The second-order valence-corrected chi connectivity index (χ2v) is 3.79. The summed E-state index contributed by atoms with van der Waals surface area (Å²) in [4.78, 5) is 20.8. The van der Waals surface area contributed by atoms with Crippen LogP contribution in [0.4, 0.5) is 11.4 Å². The quantitative estimate of drug-likeness (QED) is 0.409. The van der Waals surface area contributed by atoms with E-state index in [4.69, 9.17) is 16.7 Å². The van der Waals surface area contributed by atoms with Gasteiger partial charge in [-0.25, -0.2) is 4.79 Å². The van der Waals surface area contributed by atoms with Crippen molar-refractivity contribution in [3.8, 4) is 0 Å². The second-order valence-electron chi connectivity index (χ2n) is 3.48. The fourth-order valence-corrected chi connectivity index (χ4v) is 1.36. The van der Waals surface area contributed by atoms with Crippen LogP contribution in [-0.4, -0.2) is 39.6 Å². The van der Waals surface area contributed by atoms with E-state index >= 15 is 0 Å². The van der Waals surface area contributed by atoms with E-state index < -0.39 is 17.0 Å². The zero-order chi connectivity index (χ0) is 13.7. The predicted octanol–water partition coefficient (Wildman–Crippen LogP) is 1.30. The maximum atomic E-state index is 10.8. The molecule has 0 aliphatic rings. The molecule has 1 aromatic carbocycles. The highest BCUT2D eigenvalue weighted by Crippen LogP contribution is 2.25. The number of carboxylic acids is 1. The van der Waals surface area contributed by atoms with Crippen LogP contribution in [0, 0.1) is 10.1 Å². The van der Waals surface area contributed by atoms with E-state index in [1.807, 2.05) is 0 Å². The third-order valence-corrected chi connectivity index (χ3v) is 2.50.